The third-order valence-corrected chi connectivity index (χ3v) is 7.40. The molecule has 1 amide bonds. The lowest BCUT2D eigenvalue weighted by molar-refractivity contribution is -0.119. The second-order valence-corrected chi connectivity index (χ2v) is 9.91. The van der Waals surface area contributed by atoms with Crippen molar-refractivity contribution in [1.82, 2.24) is 24.8 Å². The highest BCUT2D eigenvalue weighted by molar-refractivity contribution is 8.00. The summed E-state index contributed by atoms with van der Waals surface area (Å²) in [5.74, 6) is 1.62. The molecule has 2 heterocycles. The van der Waals surface area contributed by atoms with Gasteiger partial charge in [0, 0.05) is 18.0 Å². The van der Waals surface area contributed by atoms with E-state index in [2.05, 4.69) is 27.2 Å². The highest BCUT2D eigenvalue weighted by Gasteiger charge is 2.32. The van der Waals surface area contributed by atoms with E-state index in [9.17, 15) is 14.4 Å². The first-order valence-corrected chi connectivity index (χ1v) is 12.0. The van der Waals surface area contributed by atoms with Crippen molar-refractivity contribution >= 4 is 28.7 Å². The highest BCUT2D eigenvalue weighted by atomic mass is 32.2. The third kappa shape index (κ3) is 3.91. The Bertz CT molecular complexity index is 1100. The Morgan fingerprint density at radius 1 is 1.13 bits per heavy atom. The molecule has 3 aliphatic carbocycles. The van der Waals surface area contributed by atoms with Crippen LogP contribution in [0.5, 0.6) is 0 Å². The summed E-state index contributed by atoms with van der Waals surface area (Å²) in [5, 5.41) is 3.99. The summed E-state index contributed by atoms with van der Waals surface area (Å²) in [4.78, 5) is 49.4. The van der Waals surface area contributed by atoms with Gasteiger partial charge in [-0.3, -0.25) is 19.1 Å². The maximum Gasteiger partial charge on any atom is 0.330 e. The van der Waals surface area contributed by atoms with Gasteiger partial charge in [0.1, 0.15) is 16.2 Å². The first kappa shape index (κ1) is 19.8. The largest absolute Gasteiger partial charge is 0.352 e. The zero-order valence-electron chi connectivity index (χ0n) is 17.1. The van der Waals surface area contributed by atoms with Crippen LogP contribution in [0.15, 0.2) is 14.6 Å². The zero-order valence-corrected chi connectivity index (χ0v) is 18.0. The fraction of sp³-hybridized carbons (Fsp3) is 0.667. The molecule has 30 heavy (non-hydrogen) atoms. The summed E-state index contributed by atoms with van der Waals surface area (Å²) in [6.45, 7) is 2.19. The third-order valence-electron chi connectivity index (χ3n) is 6.42. The molecule has 2 aromatic heterocycles. The summed E-state index contributed by atoms with van der Waals surface area (Å²) in [7, 11) is 0. The lowest BCUT2D eigenvalue weighted by atomic mass is 9.86. The number of thioether (sulfide) groups is 1. The van der Waals surface area contributed by atoms with Crippen molar-refractivity contribution in [3.63, 3.8) is 0 Å². The van der Waals surface area contributed by atoms with E-state index in [1.807, 2.05) is 0 Å². The number of hydrogen-bond acceptors (Lipinski definition) is 6. The van der Waals surface area contributed by atoms with Crippen LogP contribution in [0.1, 0.15) is 76.1 Å². The Kier molecular flexibility index (Phi) is 5.16. The van der Waals surface area contributed by atoms with Gasteiger partial charge in [-0.1, -0.05) is 31.5 Å². The Balaban J connectivity index is 1.44. The minimum Gasteiger partial charge on any atom is -0.352 e. The van der Waals surface area contributed by atoms with Crippen LogP contribution in [-0.4, -0.2) is 37.2 Å². The molecule has 2 aromatic rings. The van der Waals surface area contributed by atoms with Crippen molar-refractivity contribution in [1.29, 1.82) is 0 Å². The van der Waals surface area contributed by atoms with Crippen LogP contribution in [0.2, 0.25) is 0 Å². The molecule has 2 atom stereocenters. The van der Waals surface area contributed by atoms with E-state index in [1.54, 1.807) is 4.57 Å². The molecule has 0 unspecified atom stereocenters. The van der Waals surface area contributed by atoms with Gasteiger partial charge in [0.15, 0.2) is 5.65 Å². The van der Waals surface area contributed by atoms with Crippen LogP contribution in [0, 0.1) is 5.92 Å². The molecule has 3 fully saturated rings. The second-order valence-electron chi connectivity index (χ2n) is 8.94. The summed E-state index contributed by atoms with van der Waals surface area (Å²) < 4.78 is 1.61. The number of nitrogens with zero attached hydrogens (tertiary/aromatic N) is 3. The molecule has 8 nitrogen and oxygen atoms in total. The summed E-state index contributed by atoms with van der Waals surface area (Å²) in [6, 6.07) is 0.312. The quantitative estimate of drug-likeness (QED) is 0.539. The number of nitrogens with one attached hydrogen (secondary N) is 2. The standard InChI is InChI=1S/C21H27N5O3S/c1-11-4-2-3-5-14(11)22-15(27)10-30-20-16-18(23-17(24-20)12-6-7-12)26(13-8-9-13)21(29)25-19(16)28/h11-14H,2-10H2,1H3,(H,22,27)(H,25,28,29)/t11-,14-/m1/s1. The highest BCUT2D eigenvalue weighted by Crippen LogP contribution is 2.40. The van der Waals surface area contributed by atoms with Crippen molar-refractivity contribution in [2.45, 2.75) is 81.3 Å². The maximum atomic E-state index is 12.7. The minimum absolute atomic E-state index is 0.0366. The van der Waals surface area contributed by atoms with E-state index in [-0.39, 0.29) is 29.7 Å². The number of hydrogen-bond donors (Lipinski definition) is 2. The zero-order chi connectivity index (χ0) is 20.8. The topological polar surface area (TPSA) is 110 Å². The number of carbonyl (C=O) groups is 1. The van der Waals surface area contributed by atoms with Gasteiger partial charge in [0.2, 0.25) is 5.91 Å². The Hall–Kier alpha value is -2.16. The molecule has 0 aromatic carbocycles. The maximum absolute atomic E-state index is 12.7. The van der Waals surface area contributed by atoms with Gasteiger partial charge in [-0.15, -0.1) is 0 Å². The predicted octanol–water partition coefficient (Wildman–Crippen LogP) is 2.48. The molecule has 160 valence electrons. The molecule has 3 aliphatic rings. The normalized spacial score (nSPS) is 24.2. The molecule has 0 saturated heterocycles. The first-order chi connectivity index (χ1) is 14.5. The van der Waals surface area contributed by atoms with E-state index >= 15 is 0 Å². The lowest BCUT2D eigenvalue weighted by Crippen LogP contribution is -2.41. The minimum atomic E-state index is -0.474. The van der Waals surface area contributed by atoms with Gasteiger partial charge < -0.3 is 5.32 Å². The molecule has 9 heteroatoms. The van der Waals surface area contributed by atoms with Crippen LogP contribution in [0.3, 0.4) is 0 Å². The molecule has 2 N–H and O–H groups in total. The second kappa shape index (κ2) is 7.83. The van der Waals surface area contributed by atoms with Gasteiger partial charge in [-0.05, 0) is 44.4 Å². The van der Waals surface area contributed by atoms with Crippen LogP contribution < -0.4 is 16.6 Å². The van der Waals surface area contributed by atoms with Gasteiger partial charge in [-0.2, -0.15) is 0 Å². The van der Waals surface area contributed by atoms with Crippen molar-refractivity contribution in [3.05, 3.63) is 26.7 Å². The molecule has 0 bridgehead atoms. The Labute approximate surface area is 178 Å². The number of aromatic nitrogens is 4. The first-order valence-electron chi connectivity index (χ1n) is 11.0. The molecule has 0 aliphatic heterocycles. The van der Waals surface area contributed by atoms with Gasteiger partial charge >= 0.3 is 5.69 Å². The fourth-order valence-electron chi connectivity index (χ4n) is 4.35. The fourth-order valence-corrected chi connectivity index (χ4v) is 5.18. The van der Waals surface area contributed by atoms with Gasteiger partial charge in [-0.25, -0.2) is 14.8 Å². The van der Waals surface area contributed by atoms with E-state index in [0.29, 0.717) is 27.8 Å². The van der Waals surface area contributed by atoms with E-state index in [4.69, 9.17) is 0 Å². The van der Waals surface area contributed by atoms with Crippen molar-refractivity contribution in [2.75, 3.05) is 5.75 Å². The average molecular weight is 430 g/mol. The summed E-state index contributed by atoms with van der Waals surface area (Å²) >= 11 is 1.27. The van der Waals surface area contributed by atoms with Gasteiger partial charge in [0.05, 0.1) is 5.75 Å². The Morgan fingerprint density at radius 2 is 1.90 bits per heavy atom. The number of fused-ring (bicyclic) bond motifs is 1. The van der Waals surface area contributed by atoms with Crippen LogP contribution in [-0.2, 0) is 4.79 Å². The van der Waals surface area contributed by atoms with Crippen LogP contribution in [0.4, 0.5) is 0 Å². The molecular weight excluding hydrogens is 402 g/mol. The molecular formula is C21H27N5O3S. The van der Waals surface area contributed by atoms with E-state index < -0.39 is 11.2 Å². The smallest absolute Gasteiger partial charge is 0.330 e. The van der Waals surface area contributed by atoms with Crippen molar-refractivity contribution in [3.8, 4) is 0 Å². The van der Waals surface area contributed by atoms with E-state index in [1.165, 1.54) is 18.2 Å². The SMILES string of the molecule is C[C@@H]1CCCC[C@H]1NC(=O)CSc1nc(C2CC2)nc2c1c(=O)[nH]c(=O)n2C1CC1. The summed E-state index contributed by atoms with van der Waals surface area (Å²) in [6.07, 6.45) is 8.41. The number of carbonyl (C=O) groups excluding carboxylic acids is 1. The Morgan fingerprint density at radius 3 is 2.60 bits per heavy atom. The van der Waals surface area contributed by atoms with Gasteiger partial charge in [0.25, 0.3) is 5.56 Å². The van der Waals surface area contributed by atoms with E-state index in [0.717, 1.165) is 44.9 Å². The van der Waals surface area contributed by atoms with Crippen molar-refractivity contribution in [2.24, 2.45) is 5.92 Å². The van der Waals surface area contributed by atoms with Crippen LogP contribution >= 0.6 is 11.8 Å². The number of amides is 1. The van der Waals surface area contributed by atoms with Crippen LogP contribution in [0.25, 0.3) is 11.0 Å². The van der Waals surface area contributed by atoms with Crippen molar-refractivity contribution < 1.29 is 4.79 Å². The number of aromatic amines is 1. The average Bonchev–Trinajstić information content (AvgIpc) is 3.61. The number of H-pyrrole nitrogens is 1. The molecule has 5 rings (SSSR count). The molecule has 3 saturated carbocycles. The molecule has 0 spiro atoms. The monoisotopic (exact) mass is 429 g/mol. The molecule has 0 radical (unpaired) electrons. The number of rotatable bonds is 6. The summed E-state index contributed by atoms with van der Waals surface area (Å²) in [5.41, 5.74) is -0.458. The lowest BCUT2D eigenvalue weighted by Gasteiger charge is -2.29. The predicted molar refractivity (Wildman–Crippen MR) is 115 cm³/mol.